The quantitative estimate of drug-likeness (QED) is 0.658. The molecule has 2 aromatic rings. The molecule has 8 heteroatoms. The SMILES string of the molecule is Cc1cccc(NC(=O)CCn2cc([N+](=O)[O-])cn2)n1. The van der Waals surface area contributed by atoms with Crippen LogP contribution in [0, 0.1) is 17.0 Å². The van der Waals surface area contributed by atoms with Crippen LogP contribution in [-0.2, 0) is 11.3 Å². The molecular weight excluding hydrogens is 262 g/mol. The Hall–Kier alpha value is -2.77. The molecule has 0 saturated carbocycles. The number of aryl methyl sites for hydroxylation is 2. The molecule has 0 atom stereocenters. The lowest BCUT2D eigenvalue weighted by Gasteiger charge is -2.05. The van der Waals surface area contributed by atoms with Crippen molar-refractivity contribution in [3.63, 3.8) is 0 Å². The number of carbonyl (C=O) groups excluding carboxylic acids is 1. The van der Waals surface area contributed by atoms with Gasteiger partial charge in [0.2, 0.25) is 5.91 Å². The summed E-state index contributed by atoms with van der Waals surface area (Å²) < 4.78 is 1.36. The fraction of sp³-hybridized carbons (Fsp3) is 0.250. The molecule has 0 unspecified atom stereocenters. The monoisotopic (exact) mass is 275 g/mol. The maximum atomic E-state index is 11.7. The van der Waals surface area contributed by atoms with E-state index < -0.39 is 4.92 Å². The van der Waals surface area contributed by atoms with Crippen molar-refractivity contribution in [2.45, 2.75) is 19.9 Å². The number of amides is 1. The summed E-state index contributed by atoms with van der Waals surface area (Å²) in [5, 5.41) is 17.0. The molecule has 0 spiro atoms. The number of rotatable bonds is 5. The topological polar surface area (TPSA) is 103 Å². The van der Waals surface area contributed by atoms with Crippen molar-refractivity contribution < 1.29 is 9.72 Å². The van der Waals surface area contributed by atoms with Crippen molar-refractivity contribution in [3.8, 4) is 0 Å². The zero-order valence-corrected chi connectivity index (χ0v) is 10.8. The number of pyridine rings is 1. The molecule has 1 amide bonds. The van der Waals surface area contributed by atoms with E-state index >= 15 is 0 Å². The van der Waals surface area contributed by atoms with Crippen molar-refractivity contribution in [2.24, 2.45) is 0 Å². The van der Waals surface area contributed by atoms with Gasteiger partial charge in [-0.05, 0) is 19.1 Å². The second kappa shape index (κ2) is 5.91. The van der Waals surface area contributed by atoms with Gasteiger partial charge in [0.1, 0.15) is 18.2 Å². The first-order valence-electron chi connectivity index (χ1n) is 5.95. The van der Waals surface area contributed by atoms with Crippen molar-refractivity contribution >= 4 is 17.4 Å². The summed E-state index contributed by atoms with van der Waals surface area (Å²) in [6.45, 7) is 2.10. The molecule has 104 valence electrons. The molecule has 0 aliphatic rings. The first-order valence-corrected chi connectivity index (χ1v) is 5.95. The van der Waals surface area contributed by atoms with Gasteiger partial charge in [-0.2, -0.15) is 5.10 Å². The van der Waals surface area contributed by atoms with Crippen molar-refractivity contribution in [1.29, 1.82) is 0 Å². The van der Waals surface area contributed by atoms with Gasteiger partial charge < -0.3 is 5.32 Å². The van der Waals surface area contributed by atoms with Crippen molar-refractivity contribution in [1.82, 2.24) is 14.8 Å². The van der Waals surface area contributed by atoms with E-state index in [4.69, 9.17) is 0 Å². The minimum atomic E-state index is -0.528. The molecule has 0 aliphatic carbocycles. The highest BCUT2D eigenvalue weighted by molar-refractivity contribution is 5.89. The van der Waals surface area contributed by atoms with Gasteiger partial charge in [0.25, 0.3) is 0 Å². The maximum absolute atomic E-state index is 11.7. The summed E-state index contributed by atoms with van der Waals surface area (Å²) in [5.41, 5.74) is 0.719. The number of aromatic nitrogens is 3. The highest BCUT2D eigenvalue weighted by Gasteiger charge is 2.10. The number of hydrogen-bond acceptors (Lipinski definition) is 5. The van der Waals surface area contributed by atoms with Gasteiger partial charge in [0.15, 0.2) is 0 Å². The first-order chi connectivity index (χ1) is 9.54. The minimum Gasteiger partial charge on any atom is -0.311 e. The third kappa shape index (κ3) is 3.61. The molecule has 2 heterocycles. The average molecular weight is 275 g/mol. The molecule has 0 fully saturated rings. The van der Waals surface area contributed by atoms with Crippen LogP contribution in [0.3, 0.4) is 0 Å². The molecule has 0 saturated heterocycles. The summed E-state index contributed by atoms with van der Waals surface area (Å²) in [4.78, 5) is 25.8. The van der Waals surface area contributed by atoms with Crippen LogP contribution in [0.15, 0.2) is 30.6 Å². The molecule has 2 aromatic heterocycles. The molecule has 8 nitrogen and oxygen atoms in total. The van der Waals surface area contributed by atoms with Gasteiger partial charge in [0.05, 0.1) is 4.92 Å². The predicted octanol–water partition coefficient (Wildman–Crippen LogP) is 1.52. The Kier molecular flexibility index (Phi) is 4.04. The van der Waals surface area contributed by atoms with Gasteiger partial charge in [-0.3, -0.25) is 19.6 Å². The van der Waals surface area contributed by atoms with Gasteiger partial charge in [0, 0.05) is 18.7 Å². The standard InChI is InChI=1S/C12H13N5O3/c1-9-3-2-4-11(14-9)15-12(18)5-6-16-8-10(7-13-16)17(19)20/h2-4,7-8H,5-6H2,1H3,(H,14,15,18). The van der Waals surface area contributed by atoms with E-state index in [2.05, 4.69) is 15.4 Å². The third-order valence-electron chi connectivity index (χ3n) is 2.55. The van der Waals surface area contributed by atoms with Gasteiger partial charge >= 0.3 is 5.69 Å². The molecule has 0 aromatic carbocycles. The molecule has 0 bridgehead atoms. The van der Waals surface area contributed by atoms with Crippen LogP contribution < -0.4 is 5.32 Å². The molecule has 0 aliphatic heterocycles. The minimum absolute atomic E-state index is 0.0919. The van der Waals surface area contributed by atoms with E-state index in [1.165, 1.54) is 10.9 Å². The van der Waals surface area contributed by atoms with E-state index in [1.54, 1.807) is 12.1 Å². The lowest BCUT2D eigenvalue weighted by Crippen LogP contribution is -2.15. The van der Waals surface area contributed by atoms with Crippen LogP contribution in [0.25, 0.3) is 0 Å². The van der Waals surface area contributed by atoms with E-state index in [-0.39, 0.29) is 24.6 Å². The second-order valence-electron chi connectivity index (χ2n) is 4.18. The largest absolute Gasteiger partial charge is 0.311 e. The summed E-state index contributed by atoms with van der Waals surface area (Å²) in [6, 6.07) is 5.33. The van der Waals surface area contributed by atoms with E-state index in [1.807, 2.05) is 13.0 Å². The number of hydrogen-bond donors (Lipinski definition) is 1. The Morgan fingerprint density at radius 3 is 2.95 bits per heavy atom. The number of nitro groups is 1. The van der Waals surface area contributed by atoms with Gasteiger partial charge in [-0.25, -0.2) is 4.98 Å². The Morgan fingerprint density at radius 1 is 1.50 bits per heavy atom. The molecule has 0 radical (unpaired) electrons. The Bertz CT molecular complexity index is 638. The predicted molar refractivity (Wildman–Crippen MR) is 71.1 cm³/mol. The summed E-state index contributed by atoms with van der Waals surface area (Å²) in [5.74, 6) is 0.266. The van der Waals surface area contributed by atoms with Crippen LogP contribution in [0.2, 0.25) is 0 Å². The Balaban J connectivity index is 1.87. The van der Waals surface area contributed by atoms with Crippen LogP contribution in [0.1, 0.15) is 12.1 Å². The first kappa shape index (κ1) is 13.7. The van der Waals surface area contributed by atoms with E-state index in [9.17, 15) is 14.9 Å². The third-order valence-corrected chi connectivity index (χ3v) is 2.55. The maximum Gasteiger partial charge on any atom is 0.306 e. The van der Waals surface area contributed by atoms with E-state index in [0.29, 0.717) is 5.82 Å². The molecule has 1 N–H and O–H groups in total. The van der Waals surface area contributed by atoms with Crippen LogP contribution in [-0.4, -0.2) is 25.6 Å². The lowest BCUT2D eigenvalue weighted by molar-refractivity contribution is -0.385. The average Bonchev–Trinajstić information content (AvgIpc) is 2.85. The number of nitrogens with zero attached hydrogens (tertiary/aromatic N) is 4. The van der Waals surface area contributed by atoms with Crippen LogP contribution in [0.5, 0.6) is 0 Å². The summed E-state index contributed by atoms with van der Waals surface area (Å²) in [6.07, 6.45) is 2.60. The van der Waals surface area contributed by atoms with E-state index in [0.717, 1.165) is 11.9 Å². The molecular formula is C12H13N5O3. The summed E-state index contributed by atoms with van der Waals surface area (Å²) >= 11 is 0. The Labute approximate surface area is 114 Å². The zero-order valence-electron chi connectivity index (χ0n) is 10.8. The van der Waals surface area contributed by atoms with Crippen molar-refractivity contribution in [2.75, 3.05) is 5.32 Å². The number of nitrogens with one attached hydrogen (secondary N) is 1. The smallest absolute Gasteiger partial charge is 0.306 e. The lowest BCUT2D eigenvalue weighted by atomic mass is 10.3. The van der Waals surface area contributed by atoms with Gasteiger partial charge in [-0.1, -0.05) is 6.07 Å². The van der Waals surface area contributed by atoms with Crippen LogP contribution in [0.4, 0.5) is 11.5 Å². The van der Waals surface area contributed by atoms with Gasteiger partial charge in [-0.15, -0.1) is 0 Å². The molecule has 2 rings (SSSR count). The number of anilines is 1. The zero-order chi connectivity index (χ0) is 14.5. The second-order valence-corrected chi connectivity index (χ2v) is 4.18. The number of carbonyl (C=O) groups is 1. The van der Waals surface area contributed by atoms with Crippen molar-refractivity contribution in [3.05, 3.63) is 46.4 Å². The highest BCUT2D eigenvalue weighted by Crippen LogP contribution is 2.09. The normalized spacial score (nSPS) is 10.2. The fourth-order valence-electron chi connectivity index (χ4n) is 1.60. The highest BCUT2D eigenvalue weighted by atomic mass is 16.6. The summed E-state index contributed by atoms with van der Waals surface area (Å²) in [7, 11) is 0. The molecule has 20 heavy (non-hydrogen) atoms. The fourth-order valence-corrected chi connectivity index (χ4v) is 1.60. The Morgan fingerprint density at radius 2 is 2.30 bits per heavy atom. The van der Waals surface area contributed by atoms with Crippen LogP contribution >= 0.6 is 0 Å².